The maximum atomic E-state index is 5.44. The molecule has 1 aliphatic rings. The van der Waals surface area contributed by atoms with Crippen LogP contribution >= 0.6 is 0 Å². The zero-order valence-electron chi connectivity index (χ0n) is 30.9. The zero-order chi connectivity index (χ0) is 37.2. The Labute approximate surface area is 326 Å². The van der Waals surface area contributed by atoms with Crippen molar-refractivity contribution in [1.29, 1.82) is 0 Å². The number of nitrogens with zero attached hydrogens (tertiary/aromatic N) is 2. The first-order valence-electron chi connectivity index (χ1n) is 19.3. The lowest BCUT2D eigenvalue weighted by Gasteiger charge is -2.28. The van der Waals surface area contributed by atoms with E-state index in [1.54, 1.807) is 0 Å². The molecule has 9 aromatic carbocycles. The molecule has 11 rings (SSSR count). The highest BCUT2D eigenvalue weighted by Crippen LogP contribution is 2.53. The predicted molar refractivity (Wildman–Crippen MR) is 234 cm³/mol. The Morgan fingerprint density at radius 3 is 1.79 bits per heavy atom. The van der Waals surface area contributed by atoms with Crippen LogP contribution in [0.25, 0.3) is 88.5 Å². The van der Waals surface area contributed by atoms with Crippen LogP contribution in [0.4, 0.5) is 0 Å². The van der Waals surface area contributed by atoms with Crippen molar-refractivity contribution in [2.45, 2.75) is 12.3 Å². The first-order chi connectivity index (χ1) is 27.6. The Bertz CT molecular complexity index is 3130. The van der Waals surface area contributed by atoms with E-state index in [0.717, 1.165) is 33.6 Å². The first-order valence-corrected chi connectivity index (χ1v) is 19.3. The minimum atomic E-state index is -0.265. The smallest absolute Gasteiger partial charge is 0.160 e. The Kier molecular flexibility index (Phi) is 7.33. The van der Waals surface area contributed by atoms with E-state index >= 15 is 0 Å². The Balaban J connectivity index is 1.16. The molecule has 1 heterocycles. The summed E-state index contributed by atoms with van der Waals surface area (Å²) in [6, 6.07) is 72.3. The maximum absolute atomic E-state index is 5.44. The van der Waals surface area contributed by atoms with Crippen LogP contribution in [0.3, 0.4) is 0 Å². The standard InChI is InChI=1S/C54H36N2/c1-54(41-18-6-3-7-19-41)48-23-13-12-22-44(48)47-33-40(29-31-49(47)54)50-34-51(56-53(55-50)38-26-24-36(25-27-38)35-14-4-2-5-15-35)52-43-21-11-9-17-39(43)32-46-42-20-10-8-16-37(42)28-30-45(46)52/h2-34H,1H3. The fraction of sp³-hybridized carbons (Fsp3) is 0.0370. The third-order valence-corrected chi connectivity index (χ3v) is 12.0. The zero-order valence-corrected chi connectivity index (χ0v) is 30.9. The van der Waals surface area contributed by atoms with Crippen LogP contribution in [0.2, 0.25) is 0 Å². The van der Waals surface area contributed by atoms with E-state index in [0.29, 0.717) is 5.82 Å². The predicted octanol–water partition coefficient (Wildman–Crippen LogP) is 13.9. The van der Waals surface area contributed by atoms with E-state index in [1.807, 2.05) is 0 Å². The molecule has 56 heavy (non-hydrogen) atoms. The normalized spacial score (nSPS) is 14.6. The fourth-order valence-corrected chi connectivity index (χ4v) is 9.13. The van der Waals surface area contributed by atoms with Crippen molar-refractivity contribution < 1.29 is 0 Å². The average Bonchev–Trinajstić information content (AvgIpc) is 3.54. The average molecular weight is 713 g/mol. The summed E-state index contributed by atoms with van der Waals surface area (Å²) in [5.41, 5.74) is 13.5. The molecule has 262 valence electrons. The molecule has 0 amide bonds. The van der Waals surface area contributed by atoms with Crippen molar-refractivity contribution in [1.82, 2.24) is 9.97 Å². The summed E-state index contributed by atoms with van der Waals surface area (Å²) in [5, 5.41) is 7.23. The van der Waals surface area contributed by atoms with Gasteiger partial charge in [-0.1, -0.05) is 182 Å². The van der Waals surface area contributed by atoms with Crippen molar-refractivity contribution in [2.24, 2.45) is 0 Å². The second-order valence-corrected chi connectivity index (χ2v) is 15.1. The third kappa shape index (κ3) is 5.03. The molecular formula is C54H36N2. The van der Waals surface area contributed by atoms with Gasteiger partial charge in [0.05, 0.1) is 11.4 Å². The van der Waals surface area contributed by atoms with E-state index in [2.05, 4.69) is 207 Å². The number of benzene rings is 9. The van der Waals surface area contributed by atoms with Gasteiger partial charge in [-0.05, 0) is 96.4 Å². The molecule has 2 heteroatoms. The molecule has 0 aliphatic heterocycles. The van der Waals surface area contributed by atoms with Gasteiger partial charge in [-0.3, -0.25) is 0 Å². The summed E-state index contributed by atoms with van der Waals surface area (Å²) in [4.78, 5) is 10.8. The van der Waals surface area contributed by atoms with Crippen LogP contribution in [0, 0.1) is 0 Å². The molecule has 1 atom stereocenters. The first kappa shape index (κ1) is 32.3. The van der Waals surface area contributed by atoms with Gasteiger partial charge in [0.2, 0.25) is 0 Å². The highest BCUT2D eigenvalue weighted by atomic mass is 14.9. The van der Waals surface area contributed by atoms with Crippen molar-refractivity contribution >= 4 is 32.3 Å². The SMILES string of the molecule is CC1(c2ccccc2)c2ccccc2-c2cc(-c3cc(-c4c5ccccc5cc5c4ccc4ccccc45)nc(-c4ccc(-c5ccccc5)cc4)n3)ccc21. The van der Waals surface area contributed by atoms with Crippen LogP contribution in [0.1, 0.15) is 23.6 Å². The molecule has 0 radical (unpaired) electrons. The molecule has 10 aromatic rings. The second-order valence-electron chi connectivity index (χ2n) is 15.1. The summed E-state index contributed by atoms with van der Waals surface area (Å²) >= 11 is 0. The molecule has 0 saturated carbocycles. The van der Waals surface area contributed by atoms with Gasteiger partial charge in [0, 0.05) is 22.1 Å². The summed E-state index contributed by atoms with van der Waals surface area (Å²) < 4.78 is 0. The van der Waals surface area contributed by atoms with Crippen molar-refractivity contribution in [3.63, 3.8) is 0 Å². The van der Waals surface area contributed by atoms with Crippen LogP contribution in [0.5, 0.6) is 0 Å². The van der Waals surface area contributed by atoms with Crippen molar-refractivity contribution in [3.8, 4) is 56.2 Å². The number of rotatable bonds is 5. The Morgan fingerprint density at radius 2 is 0.964 bits per heavy atom. The third-order valence-electron chi connectivity index (χ3n) is 12.0. The number of aromatic nitrogens is 2. The van der Waals surface area contributed by atoms with E-state index in [-0.39, 0.29) is 5.41 Å². The van der Waals surface area contributed by atoms with E-state index in [1.165, 1.54) is 65.7 Å². The molecule has 1 unspecified atom stereocenters. The highest BCUT2D eigenvalue weighted by molar-refractivity contribution is 6.19. The quantitative estimate of drug-likeness (QED) is 0.131. The molecule has 0 spiro atoms. The molecule has 1 aliphatic carbocycles. The van der Waals surface area contributed by atoms with Gasteiger partial charge in [-0.15, -0.1) is 0 Å². The lowest BCUT2D eigenvalue weighted by molar-refractivity contribution is 0.714. The molecule has 0 fully saturated rings. The van der Waals surface area contributed by atoms with Crippen LogP contribution < -0.4 is 0 Å². The second kappa shape index (κ2) is 12.7. The fourth-order valence-electron chi connectivity index (χ4n) is 9.13. The summed E-state index contributed by atoms with van der Waals surface area (Å²) in [7, 11) is 0. The summed E-state index contributed by atoms with van der Waals surface area (Å²) in [5.74, 6) is 0.703. The van der Waals surface area contributed by atoms with E-state index < -0.39 is 0 Å². The minimum absolute atomic E-state index is 0.265. The van der Waals surface area contributed by atoms with Gasteiger partial charge in [0.1, 0.15) is 0 Å². The van der Waals surface area contributed by atoms with Gasteiger partial charge in [0.15, 0.2) is 5.82 Å². The largest absolute Gasteiger partial charge is 0.228 e. The minimum Gasteiger partial charge on any atom is -0.228 e. The summed E-state index contributed by atoms with van der Waals surface area (Å²) in [6.45, 7) is 2.36. The lowest BCUT2D eigenvalue weighted by atomic mass is 9.74. The van der Waals surface area contributed by atoms with Crippen LogP contribution in [0.15, 0.2) is 200 Å². The topological polar surface area (TPSA) is 25.8 Å². The van der Waals surface area contributed by atoms with E-state index in [4.69, 9.17) is 9.97 Å². The van der Waals surface area contributed by atoms with Gasteiger partial charge in [0.25, 0.3) is 0 Å². The van der Waals surface area contributed by atoms with Crippen LogP contribution in [-0.2, 0) is 5.41 Å². The lowest BCUT2D eigenvalue weighted by Crippen LogP contribution is -2.22. The van der Waals surface area contributed by atoms with Gasteiger partial charge in [-0.25, -0.2) is 9.97 Å². The molecule has 2 nitrogen and oxygen atoms in total. The molecule has 1 aromatic heterocycles. The van der Waals surface area contributed by atoms with Gasteiger partial charge < -0.3 is 0 Å². The molecule has 0 saturated heterocycles. The van der Waals surface area contributed by atoms with Crippen molar-refractivity contribution in [3.05, 3.63) is 217 Å². The Morgan fingerprint density at radius 1 is 0.357 bits per heavy atom. The Hall–Kier alpha value is -7.16. The maximum Gasteiger partial charge on any atom is 0.160 e. The van der Waals surface area contributed by atoms with Gasteiger partial charge in [-0.2, -0.15) is 0 Å². The number of hydrogen-bond donors (Lipinski definition) is 0. The number of fused-ring (bicyclic) bond motifs is 7. The highest BCUT2D eigenvalue weighted by Gasteiger charge is 2.40. The molecule has 0 bridgehead atoms. The summed E-state index contributed by atoms with van der Waals surface area (Å²) in [6.07, 6.45) is 0. The van der Waals surface area contributed by atoms with Crippen molar-refractivity contribution in [2.75, 3.05) is 0 Å². The van der Waals surface area contributed by atoms with Crippen LogP contribution in [-0.4, -0.2) is 9.97 Å². The van der Waals surface area contributed by atoms with E-state index in [9.17, 15) is 0 Å². The number of hydrogen-bond acceptors (Lipinski definition) is 2. The molecular weight excluding hydrogens is 677 g/mol. The van der Waals surface area contributed by atoms with Gasteiger partial charge >= 0.3 is 0 Å². The monoisotopic (exact) mass is 712 g/mol. The molecule has 0 N–H and O–H groups in total.